The van der Waals surface area contributed by atoms with Crippen molar-refractivity contribution in [3.8, 4) is 22.8 Å². The van der Waals surface area contributed by atoms with Crippen molar-refractivity contribution in [3.63, 3.8) is 0 Å². The van der Waals surface area contributed by atoms with Crippen LogP contribution in [0.4, 0.5) is 0 Å². The molecule has 160 valence electrons. The van der Waals surface area contributed by atoms with Crippen molar-refractivity contribution in [1.82, 2.24) is 10.0 Å². The zero-order chi connectivity index (χ0) is 22.2. The smallest absolute Gasteiger partial charge is 0.274 e. The molecule has 8 heteroatoms. The highest BCUT2D eigenvalue weighted by atomic mass is 16.7. The Bertz CT molecular complexity index is 1360. The van der Waals surface area contributed by atoms with Crippen LogP contribution in [-0.2, 0) is 6.54 Å². The first-order valence-electron chi connectivity index (χ1n) is 9.91. The van der Waals surface area contributed by atoms with Crippen molar-refractivity contribution in [1.29, 1.82) is 0 Å². The Hall–Kier alpha value is -4.30. The third kappa shape index (κ3) is 3.23. The fraction of sp³-hybridized carbons (Fsp3) is 0.0833. The molecule has 2 amide bonds. The Morgan fingerprint density at radius 2 is 1.75 bits per heavy atom. The van der Waals surface area contributed by atoms with Crippen molar-refractivity contribution in [2.24, 2.45) is 5.73 Å². The molecule has 0 radical (unpaired) electrons. The molecular weight excluding hydrogens is 410 g/mol. The van der Waals surface area contributed by atoms with Crippen LogP contribution in [0.3, 0.4) is 0 Å². The second kappa shape index (κ2) is 7.75. The first kappa shape index (κ1) is 19.7. The molecule has 3 aromatic carbocycles. The van der Waals surface area contributed by atoms with Crippen LogP contribution in [0.2, 0.25) is 0 Å². The number of nitrogens with two attached hydrogens (primary N) is 1. The minimum absolute atomic E-state index is 0.151. The molecule has 0 bridgehead atoms. The standard InChI is InChI=1S/C24H19N3O5/c25-23(28)21-17-3-1-2-4-18(17)27(12-14-5-7-15(8-6-14)24(29)26-30)22(21)16-9-10-19-20(11-16)32-13-31-19/h1-11,30H,12-13H2,(H2,25,28)(H,26,29). The average Bonchev–Trinajstić information content (AvgIpc) is 3.41. The minimum atomic E-state index is -0.583. The lowest BCUT2D eigenvalue weighted by Crippen LogP contribution is -2.18. The molecule has 1 aromatic heterocycles. The number of hydroxylamine groups is 1. The molecule has 0 aliphatic carbocycles. The summed E-state index contributed by atoms with van der Waals surface area (Å²) in [6, 6.07) is 20.0. The summed E-state index contributed by atoms with van der Waals surface area (Å²) in [5.74, 6) is 0.145. The molecule has 1 aliphatic rings. The topological polar surface area (TPSA) is 116 Å². The lowest BCUT2D eigenvalue weighted by molar-refractivity contribution is 0.0706. The van der Waals surface area contributed by atoms with Crippen LogP contribution >= 0.6 is 0 Å². The summed E-state index contributed by atoms with van der Waals surface area (Å²) in [5, 5.41) is 9.58. The van der Waals surface area contributed by atoms with Crippen LogP contribution in [-0.4, -0.2) is 28.4 Å². The van der Waals surface area contributed by atoms with E-state index in [1.54, 1.807) is 29.7 Å². The third-order valence-electron chi connectivity index (χ3n) is 5.52. The SMILES string of the molecule is NC(=O)c1c(-c2ccc3c(c2)OCO3)n(Cc2ccc(C(=O)NO)cc2)c2ccccc12. The Morgan fingerprint density at radius 1 is 1.00 bits per heavy atom. The lowest BCUT2D eigenvalue weighted by Gasteiger charge is -2.13. The van der Waals surface area contributed by atoms with Gasteiger partial charge in [-0.25, -0.2) is 5.48 Å². The number of amides is 2. The van der Waals surface area contributed by atoms with Gasteiger partial charge in [0, 0.05) is 28.6 Å². The van der Waals surface area contributed by atoms with Crippen molar-refractivity contribution in [2.45, 2.75) is 6.54 Å². The van der Waals surface area contributed by atoms with Crippen LogP contribution in [0.5, 0.6) is 11.5 Å². The van der Waals surface area contributed by atoms with E-state index in [0.29, 0.717) is 34.9 Å². The van der Waals surface area contributed by atoms with Gasteiger partial charge in [-0.1, -0.05) is 30.3 Å². The highest BCUT2D eigenvalue weighted by molar-refractivity contribution is 6.12. The zero-order valence-electron chi connectivity index (χ0n) is 16.9. The van der Waals surface area contributed by atoms with Gasteiger partial charge in [-0.15, -0.1) is 0 Å². The monoisotopic (exact) mass is 429 g/mol. The molecule has 32 heavy (non-hydrogen) atoms. The largest absolute Gasteiger partial charge is 0.454 e. The number of carbonyl (C=O) groups excluding carboxylic acids is 2. The third-order valence-corrected chi connectivity index (χ3v) is 5.52. The van der Waals surface area contributed by atoms with Crippen LogP contribution < -0.4 is 20.7 Å². The van der Waals surface area contributed by atoms with E-state index < -0.39 is 11.8 Å². The van der Waals surface area contributed by atoms with Crippen LogP contribution in [0.15, 0.2) is 66.7 Å². The van der Waals surface area contributed by atoms with Gasteiger partial charge in [0.15, 0.2) is 11.5 Å². The number of nitrogens with zero attached hydrogens (tertiary/aromatic N) is 1. The fourth-order valence-corrected chi connectivity index (χ4v) is 4.07. The molecule has 0 saturated carbocycles. The summed E-state index contributed by atoms with van der Waals surface area (Å²) < 4.78 is 13.0. The number of nitrogens with one attached hydrogen (secondary N) is 1. The van der Waals surface area contributed by atoms with Gasteiger partial charge in [-0.3, -0.25) is 14.8 Å². The quantitative estimate of drug-likeness (QED) is 0.333. The summed E-state index contributed by atoms with van der Waals surface area (Å²) in [6.45, 7) is 0.580. The number of primary amides is 1. The summed E-state index contributed by atoms with van der Waals surface area (Å²) >= 11 is 0. The lowest BCUT2D eigenvalue weighted by atomic mass is 10.0. The number of fused-ring (bicyclic) bond motifs is 2. The molecule has 2 heterocycles. The maximum atomic E-state index is 12.5. The minimum Gasteiger partial charge on any atom is -0.454 e. The van der Waals surface area contributed by atoms with Crippen molar-refractivity contribution < 1.29 is 24.3 Å². The fourth-order valence-electron chi connectivity index (χ4n) is 4.07. The highest BCUT2D eigenvalue weighted by Crippen LogP contribution is 2.40. The van der Waals surface area contributed by atoms with Crippen LogP contribution in [0.25, 0.3) is 22.2 Å². The Morgan fingerprint density at radius 3 is 2.50 bits per heavy atom. The first-order valence-corrected chi connectivity index (χ1v) is 9.91. The first-order chi connectivity index (χ1) is 15.6. The average molecular weight is 429 g/mol. The van der Waals surface area contributed by atoms with E-state index in [9.17, 15) is 9.59 Å². The molecule has 1 aliphatic heterocycles. The van der Waals surface area contributed by atoms with Gasteiger partial charge in [-0.2, -0.15) is 0 Å². The molecule has 5 rings (SSSR count). The van der Waals surface area contributed by atoms with Gasteiger partial charge >= 0.3 is 0 Å². The van der Waals surface area contributed by atoms with Gasteiger partial charge in [0.05, 0.1) is 11.3 Å². The van der Waals surface area contributed by atoms with Crippen LogP contribution in [0.1, 0.15) is 26.3 Å². The normalized spacial score (nSPS) is 12.2. The molecule has 0 atom stereocenters. The second-order valence-corrected chi connectivity index (χ2v) is 7.40. The van der Waals surface area contributed by atoms with E-state index in [-0.39, 0.29) is 6.79 Å². The number of hydrogen-bond donors (Lipinski definition) is 3. The van der Waals surface area contributed by atoms with Crippen molar-refractivity contribution in [2.75, 3.05) is 6.79 Å². The molecule has 0 fully saturated rings. The molecule has 8 nitrogen and oxygen atoms in total. The number of ether oxygens (including phenoxy) is 2. The summed E-state index contributed by atoms with van der Waals surface area (Å²) in [4.78, 5) is 24.2. The number of benzene rings is 3. The Kier molecular flexibility index (Phi) is 4.76. The van der Waals surface area contributed by atoms with Gasteiger partial charge in [-0.05, 0) is 42.0 Å². The van der Waals surface area contributed by atoms with E-state index in [0.717, 1.165) is 22.0 Å². The summed E-state index contributed by atoms with van der Waals surface area (Å²) in [6.07, 6.45) is 0. The summed E-state index contributed by atoms with van der Waals surface area (Å²) in [5.41, 5.74) is 11.4. The molecule has 4 aromatic rings. The number of carbonyl (C=O) groups is 2. The molecule has 0 saturated heterocycles. The van der Waals surface area contributed by atoms with Crippen LogP contribution in [0, 0.1) is 0 Å². The predicted molar refractivity (Wildman–Crippen MR) is 117 cm³/mol. The van der Waals surface area contributed by atoms with Gasteiger partial charge in [0.1, 0.15) is 0 Å². The number of para-hydroxylation sites is 1. The van der Waals surface area contributed by atoms with Crippen molar-refractivity contribution in [3.05, 3.63) is 83.4 Å². The molecular formula is C24H19N3O5. The number of aromatic nitrogens is 1. The molecule has 4 N–H and O–H groups in total. The molecule has 0 unspecified atom stereocenters. The van der Waals surface area contributed by atoms with E-state index >= 15 is 0 Å². The van der Waals surface area contributed by atoms with E-state index in [1.807, 2.05) is 47.0 Å². The highest BCUT2D eigenvalue weighted by Gasteiger charge is 2.24. The molecule has 0 spiro atoms. The number of hydrogen-bond acceptors (Lipinski definition) is 5. The maximum Gasteiger partial charge on any atom is 0.274 e. The van der Waals surface area contributed by atoms with Gasteiger partial charge in [0.25, 0.3) is 11.8 Å². The van der Waals surface area contributed by atoms with E-state index in [1.165, 1.54) is 0 Å². The second-order valence-electron chi connectivity index (χ2n) is 7.40. The Balaban J connectivity index is 1.68. The predicted octanol–water partition coefficient (Wildman–Crippen LogP) is 3.30. The maximum absolute atomic E-state index is 12.5. The van der Waals surface area contributed by atoms with Gasteiger partial charge in [0.2, 0.25) is 6.79 Å². The Labute approximate surface area is 182 Å². The number of rotatable bonds is 5. The van der Waals surface area contributed by atoms with E-state index in [2.05, 4.69) is 0 Å². The van der Waals surface area contributed by atoms with E-state index in [4.69, 9.17) is 20.4 Å². The van der Waals surface area contributed by atoms with Gasteiger partial charge < -0.3 is 19.8 Å². The zero-order valence-corrected chi connectivity index (χ0v) is 16.9. The summed E-state index contributed by atoms with van der Waals surface area (Å²) in [7, 11) is 0. The van der Waals surface area contributed by atoms with Crippen molar-refractivity contribution >= 4 is 22.7 Å².